The van der Waals surface area contributed by atoms with Crippen molar-refractivity contribution in [3.8, 4) is 0 Å². The van der Waals surface area contributed by atoms with E-state index in [2.05, 4.69) is 79.7 Å². The van der Waals surface area contributed by atoms with E-state index < -0.39 is 25.0 Å². The van der Waals surface area contributed by atoms with Crippen LogP contribution in [0.2, 0.25) is 57.4 Å². The Balaban J connectivity index is 5.36. The summed E-state index contributed by atoms with van der Waals surface area (Å²) in [5.74, 6) is 1.21. The van der Waals surface area contributed by atoms with E-state index in [4.69, 9.17) is 13.3 Å². The van der Waals surface area contributed by atoms with Crippen molar-refractivity contribution >= 4 is 25.0 Å². The minimum Gasteiger partial charge on any atom is -0.545 e. The molecule has 0 atom stereocenters. The highest BCUT2D eigenvalue weighted by molar-refractivity contribution is 6.74. The van der Waals surface area contributed by atoms with Crippen LogP contribution in [0.4, 0.5) is 0 Å². The van der Waals surface area contributed by atoms with Crippen molar-refractivity contribution in [3.63, 3.8) is 0 Å². The topological polar surface area (TPSA) is 27.7 Å². The van der Waals surface area contributed by atoms with Gasteiger partial charge in [0.1, 0.15) is 5.76 Å². The van der Waals surface area contributed by atoms with Gasteiger partial charge in [0, 0.05) is 0 Å². The first kappa shape index (κ1) is 21.5. The summed E-state index contributed by atoms with van der Waals surface area (Å²) < 4.78 is 18.4. The average Bonchev–Trinajstić information content (AvgIpc) is 2.06. The molecule has 0 spiro atoms. The summed E-state index contributed by atoms with van der Waals surface area (Å²) in [5.41, 5.74) is 0. The molecule has 0 aromatic rings. The van der Waals surface area contributed by atoms with Gasteiger partial charge in [-0.3, -0.25) is 0 Å². The molecule has 0 aliphatic heterocycles. The van der Waals surface area contributed by atoms with Crippen molar-refractivity contribution < 1.29 is 13.3 Å². The maximum atomic E-state index is 6.35. The fourth-order valence-electron chi connectivity index (χ4n) is 1.34. The van der Waals surface area contributed by atoms with E-state index >= 15 is 0 Å². The summed E-state index contributed by atoms with van der Waals surface area (Å²) in [5, 5.41) is 0.121. The Hall–Kier alpha value is -0.469. The standard InChI is InChI=1S/C16H36O3Si3/c1-14(17-20(5,6)7)13-15(18-21(8,9)10)19-22(11,12)16(2,3)4/h13H,1H2,2-12H3/b15-13-. The minimum atomic E-state index is -1.95. The second-order valence-electron chi connectivity index (χ2n) is 9.22. The first-order chi connectivity index (χ1) is 9.43. The molecule has 0 rings (SSSR count). The Morgan fingerprint density at radius 1 is 0.773 bits per heavy atom. The minimum absolute atomic E-state index is 0.121. The third-order valence-electron chi connectivity index (χ3n) is 3.28. The molecule has 3 nitrogen and oxygen atoms in total. The Bertz CT molecular complexity index is 421. The van der Waals surface area contributed by atoms with Crippen LogP contribution in [0.1, 0.15) is 20.8 Å². The summed E-state index contributed by atoms with van der Waals surface area (Å²) >= 11 is 0. The number of allylic oxidation sites excluding steroid dienone is 1. The van der Waals surface area contributed by atoms with Crippen LogP contribution >= 0.6 is 0 Å². The molecule has 0 aliphatic rings. The zero-order valence-electron chi connectivity index (χ0n) is 16.5. The molecule has 0 aromatic heterocycles. The number of hydrogen-bond acceptors (Lipinski definition) is 3. The summed E-state index contributed by atoms with van der Waals surface area (Å²) in [7, 11) is -5.38. The van der Waals surface area contributed by atoms with Crippen molar-refractivity contribution in [2.75, 3.05) is 0 Å². The van der Waals surface area contributed by atoms with Crippen molar-refractivity contribution in [3.05, 3.63) is 24.4 Å². The van der Waals surface area contributed by atoms with Crippen molar-refractivity contribution in [1.82, 2.24) is 0 Å². The van der Waals surface area contributed by atoms with Gasteiger partial charge in [-0.2, -0.15) is 0 Å². The van der Waals surface area contributed by atoms with E-state index in [9.17, 15) is 0 Å². The highest BCUT2D eigenvalue weighted by atomic mass is 28.4. The third-order valence-corrected chi connectivity index (χ3v) is 9.30. The van der Waals surface area contributed by atoms with Gasteiger partial charge in [-0.15, -0.1) is 0 Å². The Morgan fingerprint density at radius 2 is 1.18 bits per heavy atom. The molecule has 130 valence electrons. The largest absolute Gasteiger partial charge is 0.545 e. The summed E-state index contributed by atoms with van der Waals surface area (Å²) in [6.07, 6.45) is 1.83. The smallest absolute Gasteiger partial charge is 0.255 e. The third kappa shape index (κ3) is 8.85. The maximum Gasteiger partial charge on any atom is 0.255 e. The fraction of sp³-hybridized carbons (Fsp3) is 0.750. The highest BCUT2D eigenvalue weighted by Gasteiger charge is 2.40. The van der Waals surface area contributed by atoms with Gasteiger partial charge in [0.15, 0.2) is 0 Å². The summed E-state index contributed by atoms with van der Waals surface area (Å²) in [6, 6.07) is 0. The molecule has 0 bridgehead atoms. The second-order valence-corrected chi connectivity index (χ2v) is 22.8. The van der Waals surface area contributed by atoms with Gasteiger partial charge in [-0.25, -0.2) is 0 Å². The lowest BCUT2D eigenvalue weighted by molar-refractivity contribution is 0.203. The van der Waals surface area contributed by atoms with Crippen LogP contribution in [0.15, 0.2) is 24.4 Å². The first-order valence-corrected chi connectivity index (χ1v) is 17.6. The van der Waals surface area contributed by atoms with E-state index in [1.165, 1.54) is 0 Å². The molecular weight excluding hydrogens is 324 g/mol. The van der Waals surface area contributed by atoms with Crippen molar-refractivity contribution in [2.24, 2.45) is 0 Å². The van der Waals surface area contributed by atoms with E-state index in [-0.39, 0.29) is 5.04 Å². The van der Waals surface area contributed by atoms with E-state index in [0.29, 0.717) is 11.7 Å². The quantitative estimate of drug-likeness (QED) is 0.313. The van der Waals surface area contributed by atoms with Gasteiger partial charge in [0.25, 0.3) is 14.3 Å². The van der Waals surface area contributed by atoms with E-state index in [1.54, 1.807) is 0 Å². The van der Waals surface area contributed by atoms with Gasteiger partial charge in [0.2, 0.25) is 16.6 Å². The van der Waals surface area contributed by atoms with Crippen LogP contribution in [0.25, 0.3) is 0 Å². The zero-order valence-corrected chi connectivity index (χ0v) is 19.5. The van der Waals surface area contributed by atoms with Crippen LogP contribution in [0, 0.1) is 0 Å². The van der Waals surface area contributed by atoms with Gasteiger partial charge in [0.05, 0.1) is 6.08 Å². The Morgan fingerprint density at radius 3 is 1.50 bits per heavy atom. The normalized spacial score (nSPS) is 14.6. The molecule has 0 amide bonds. The highest BCUT2D eigenvalue weighted by Crippen LogP contribution is 2.38. The van der Waals surface area contributed by atoms with Crippen molar-refractivity contribution in [2.45, 2.75) is 78.2 Å². The Labute approximate surface area is 141 Å². The fourth-order valence-corrected chi connectivity index (χ4v) is 3.88. The van der Waals surface area contributed by atoms with Gasteiger partial charge in [-0.1, -0.05) is 27.4 Å². The summed E-state index contributed by atoms with van der Waals surface area (Å²) in [4.78, 5) is 0. The lowest BCUT2D eigenvalue weighted by Crippen LogP contribution is -2.42. The molecule has 0 radical (unpaired) electrons. The molecule has 0 heterocycles. The molecule has 6 heteroatoms. The molecule has 0 aromatic carbocycles. The second kappa shape index (κ2) is 6.97. The predicted octanol–water partition coefficient (Wildman–Crippen LogP) is 6.07. The van der Waals surface area contributed by atoms with Crippen LogP contribution in [-0.2, 0) is 13.3 Å². The molecule has 0 unspecified atom stereocenters. The molecular formula is C16H36O3Si3. The van der Waals surface area contributed by atoms with Crippen LogP contribution < -0.4 is 0 Å². The zero-order chi connectivity index (χ0) is 18.0. The predicted molar refractivity (Wildman–Crippen MR) is 104 cm³/mol. The Kier molecular flexibility index (Phi) is 6.82. The number of hydrogen-bond donors (Lipinski definition) is 0. The lowest BCUT2D eigenvalue weighted by atomic mass is 10.2. The molecule has 0 saturated carbocycles. The van der Waals surface area contributed by atoms with Crippen LogP contribution in [-0.4, -0.2) is 25.0 Å². The van der Waals surface area contributed by atoms with Gasteiger partial charge in [-0.05, 0) is 57.4 Å². The van der Waals surface area contributed by atoms with Crippen LogP contribution in [0.5, 0.6) is 0 Å². The molecule has 0 saturated heterocycles. The maximum absolute atomic E-state index is 6.35. The first-order valence-electron chi connectivity index (χ1n) is 7.91. The average molecular weight is 361 g/mol. The molecule has 0 N–H and O–H groups in total. The van der Waals surface area contributed by atoms with Crippen LogP contribution in [0.3, 0.4) is 0 Å². The SMILES string of the molecule is C=C(/C=C(/O[Si](C)(C)C)O[Si](C)(C)C(C)(C)C)O[Si](C)(C)C. The van der Waals surface area contributed by atoms with Crippen molar-refractivity contribution in [1.29, 1.82) is 0 Å². The summed E-state index contributed by atoms with van der Waals surface area (Å²) in [6.45, 7) is 28.0. The lowest BCUT2D eigenvalue weighted by Gasteiger charge is -2.38. The monoisotopic (exact) mass is 360 g/mol. The van der Waals surface area contributed by atoms with Gasteiger partial charge >= 0.3 is 0 Å². The van der Waals surface area contributed by atoms with E-state index in [1.807, 2.05) is 6.08 Å². The molecule has 0 fully saturated rings. The van der Waals surface area contributed by atoms with E-state index in [0.717, 1.165) is 0 Å². The molecule has 0 aliphatic carbocycles. The number of rotatable bonds is 7. The molecule has 22 heavy (non-hydrogen) atoms. The van der Waals surface area contributed by atoms with Gasteiger partial charge < -0.3 is 13.3 Å².